The lowest BCUT2D eigenvalue weighted by Crippen LogP contribution is -2.17. The van der Waals surface area contributed by atoms with E-state index in [0.29, 0.717) is 6.21 Å². The fraction of sp³-hybridized carbons (Fsp3) is 0.111. The van der Waals surface area contributed by atoms with Crippen LogP contribution in [0.3, 0.4) is 0 Å². The zero-order chi connectivity index (χ0) is 11.5. The van der Waals surface area contributed by atoms with Gasteiger partial charge in [-0.1, -0.05) is 12.1 Å². The number of carbonyl (C=O) groups excluding carboxylic acids is 1. The van der Waals surface area contributed by atoms with E-state index in [0.717, 1.165) is 12.1 Å². The van der Waals surface area contributed by atoms with Gasteiger partial charge >= 0.3 is 6.36 Å². The molecular formula is C9H6F3NO2. The lowest BCUT2D eigenvalue weighted by molar-refractivity contribution is -0.274. The number of hydrogen-bond donors (Lipinski definition) is 1. The fourth-order valence-corrected chi connectivity index (χ4v) is 0.930. The molecule has 0 unspecified atom stereocenters. The zero-order valence-corrected chi connectivity index (χ0v) is 7.34. The predicted molar refractivity (Wildman–Crippen MR) is 46.2 cm³/mol. The molecule has 1 N–H and O–H groups in total. The van der Waals surface area contributed by atoms with E-state index in [9.17, 15) is 18.0 Å². The third kappa shape index (κ3) is 3.41. The molecule has 0 aliphatic rings. The summed E-state index contributed by atoms with van der Waals surface area (Å²) in [6.07, 6.45) is -4.26. The molecule has 3 nitrogen and oxygen atoms in total. The molecule has 0 aliphatic heterocycles. The molecule has 0 heterocycles. The standard InChI is InChI=1S/C9H6F3NO2/c10-9(11,12)15-7-3-1-2-6(4-7)8(14)5-13/h1-5,13H. The van der Waals surface area contributed by atoms with Crippen LogP contribution < -0.4 is 4.74 Å². The number of ketones is 1. The summed E-state index contributed by atoms with van der Waals surface area (Å²) in [6.45, 7) is 0. The van der Waals surface area contributed by atoms with E-state index in [2.05, 4.69) is 4.74 Å². The lowest BCUT2D eigenvalue weighted by Gasteiger charge is -2.08. The minimum absolute atomic E-state index is 0.0215. The second-order valence-corrected chi connectivity index (χ2v) is 2.58. The summed E-state index contributed by atoms with van der Waals surface area (Å²) in [7, 11) is 0. The third-order valence-electron chi connectivity index (χ3n) is 1.48. The Bertz CT molecular complexity index is 387. The van der Waals surface area contributed by atoms with E-state index in [1.54, 1.807) is 0 Å². The van der Waals surface area contributed by atoms with Crippen LogP contribution in [0, 0.1) is 5.41 Å². The topological polar surface area (TPSA) is 50.2 Å². The van der Waals surface area contributed by atoms with Crippen molar-refractivity contribution in [3.8, 4) is 5.75 Å². The molecule has 0 saturated carbocycles. The summed E-state index contributed by atoms with van der Waals surface area (Å²) >= 11 is 0. The molecule has 1 rings (SSSR count). The first-order valence-electron chi connectivity index (χ1n) is 3.83. The molecule has 1 aromatic carbocycles. The average Bonchev–Trinajstić information content (AvgIpc) is 2.14. The Hall–Kier alpha value is -1.85. The minimum Gasteiger partial charge on any atom is -0.406 e. The van der Waals surface area contributed by atoms with Gasteiger partial charge in [-0.25, -0.2) is 0 Å². The van der Waals surface area contributed by atoms with E-state index in [-0.39, 0.29) is 5.56 Å². The van der Waals surface area contributed by atoms with Crippen LogP contribution in [0.4, 0.5) is 13.2 Å². The summed E-state index contributed by atoms with van der Waals surface area (Å²) in [5.41, 5.74) is -0.0215. The highest BCUT2D eigenvalue weighted by Gasteiger charge is 2.31. The molecule has 0 aliphatic carbocycles. The summed E-state index contributed by atoms with van der Waals surface area (Å²) < 4.78 is 39.0. The highest BCUT2D eigenvalue weighted by Crippen LogP contribution is 2.23. The maximum absolute atomic E-state index is 11.8. The highest BCUT2D eigenvalue weighted by atomic mass is 19.4. The maximum Gasteiger partial charge on any atom is 0.573 e. The predicted octanol–water partition coefficient (Wildman–Crippen LogP) is 2.42. The molecule has 0 radical (unpaired) electrons. The van der Waals surface area contributed by atoms with Crippen LogP contribution in [0.1, 0.15) is 10.4 Å². The van der Waals surface area contributed by atoms with Crippen LogP contribution in [0.2, 0.25) is 0 Å². The van der Waals surface area contributed by atoms with E-state index >= 15 is 0 Å². The van der Waals surface area contributed by atoms with Crippen molar-refractivity contribution < 1.29 is 22.7 Å². The number of hydrogen-bond acceptors (Lipinski definition) is 3. The average molecular weight is 217 g/mol. The Morgan fingerprint density at radius 1 is 1.40 bits per heavy atom. The molecule has 0 atom stereocenters. The molecule has 0 bridgehead atoms. The van der Waals surface area contributed by atoms with Gasteiger partial charge in [-0.3, -0.25) is 4.79 Å². The third-order valence-corrected chi connectivity index (χ3v) is 1.48. The second-order valence-electron chi connectivity index (χ2n) is 2.58. The van der Waals surface area contributed by atoms with E-state index < -0.39 is 17.9 Å². The Labute approximate surface area is 83.0 Å². The van der Waals surface area contributed by atoms with Crippen LogP contribution in [-0.2, 0) is 0 Å². The maximum atomic E-state index is 11.8. The Morgan fingerprint density at radius 3 is 2.60 bits per heavy atom. The van der Waals surface area contributed by atoms with Crippen LogP contribution in [0.5, 0.6) is 5.75 Å². The Kier molecular flexibility index (Phi) is 3.08. The van der Waals surface area contributed by atoms with E-state index in [1.807, 2.05) is 0 Å². The van der Waals surface area contributed by atoms with Gasteiger partial charge < -0.3 is 10.1 Å². The first-order valence-corrected chi connectivity index (χ1v) is 3.83. The molecule has 6 heteroatoms. The number of nitrogens with one attached hydrogen (secondary N) is 1. The van der Waals surface area contributed by atoms with E-state index in [1.165, 1.54) is 12.1 Å². The quantitative estimate of drug-likeness (QED) is 0.624. The number of ether oxygens (including phenoxy) is 1. The monoisotopic (exact) mass is 217 g/mol. The number of halogens is 3. The van der Waals surface area contributed by atoms with E-state index in [4.69, 9.17) is 5.41 Å². The number of Topliss-reactive ketones (excluding diaryl/α,β-unsaturated/α-hetero) is 1. The van der Waals surface area contributed by atoms with Crippen molar-refractivity contribution in [2.24, 2.45) is 0 Å². The largest absolute Gasteiger partial charge is 0.573 e. The Balaban J connectivity index is 2.93. The summed E-state index contributed by atoms with van der Waals surface area (Å²) in [6, 6.07) is 4.56. The number of carbonyl (C=O) groups is 1. The lowest BCUT2D eigenvalue weighted by atomic mass is 10.1. The fourth-order valence-electron chi connectivity index (χ4n) is 0.930. The van der Waals surface area contributed by atoms with Crippen molar-refractivity contribution in [1.82, 2.24) is 0 Å². The molecule has 80 valence electrons. The molecule has 0 fully saturated rings. The van der Waals surface area contributed by atoms with Gasteiger partial charge in [-0.05, 0) is 12.1 Å². The van der Waals surface area contributed by atoms with Crippen molar-refractivity contribution in [3.63, 3.8) is 0 Å². The summed E-state index contributed by atoms with van der Waals surface area (Å²) in [5, 5.41) is 6.66. The van der Waals surface area contributed by atoms with Gasteiger partial charge in [0, 0.05) is 5.56 Å². The molecule has 0 amide bonds. The van der Waals surface area contributed by atoms with Crippen molar-refractivity contribution in [1.29, 1.82) is 5.41 Å². The smallest absolute Gasteiger partial charge is 0.406 e. The van der Waals surface area contributed by atoms with Gasteiger partial charge in [0.1, 0.15) is 5.75 Å². The molecule has 15 heavy (non-hydrogen) atoms. The van der Waals surface area contributed by atoms with Crippen molar-refractivity contribution in [2.75, 3.05) is 0 Å². The number of rotatable bonds is 3. The molecule has 0 spiro atoms. The molecular weight excluding hydrogens is 211 g/mol. The van der Waals surface area contributed by atoms with Gasteiger partial charge in [-0.2, -0.15) is 0 Å². The van der Waals surface area contributed by atoms with Crippen molar-refractivity contribution >= 4 is 12.0 Å². The first-order chi connectivity index (χ1) is 6.92. The van der Waals surface area contributed by atoms with Gasteiger partial charge in [0.15, 0.2) is 0 Å². The van der Waals surface area contributed by atoms with Crippen LogP contribution in [0.25, 0.3) is 0 Å². The number of alkyl halides is 3. The van der Waals surface area contributed by atoms with Crippen molar-refractivity contribution in [3.05, 3.63) is 29.8 Å². The molecule has 0 aromatic heterocycles. The van der Waals surface area contributed by atoms with Gasteiger partial charge in [0.05, 0.1) is 6.21 Å². The van der Waals surface area contributed by atoms with Gasteiger partial charge in [0.2, 0.25) is 5.78 Å². The van der Waals surface area contributed by atoms with Crippen LogP contribution in [-0.4, -0.2) is 18.4 Å². The van der Waals surface area contributed by atoms with Crippen LogP contribution in [0.15, 0.2) is 24.3 Å². The zero-order valence-electron chi connectivity index (χ0n) is 7.34. The normalized spacial score (nSPS) is 10.9. The van der Waals surface area contributed by atoms with Gasteiger partial charge in [-0.15, -0.1) is 13.2 Å². The second kappa shape index (κ2) is 4.12. The minimum atomic E-state index is -4.79. The van der Waals surface area contributed by atoms with Crippen LogP contribution >= 0.6 is 0 Å². The Morgan fingerprint density at radius 2 is 2.07 bits per heavy atom. The molecule has 0 saturated heterocycles. The highest BCUT2D eigenvalue weighted by molar-refractivity contribution is 6.34. The summed E-state index contributed by atoms with van der Waals surface area (Å²) in [4.78, 5) is 11.0. The number of benzene rings is 1. The van der Waals surface area contributed by atoms with Crippen molar-refractivity contribution in [2.45, 2.75) is 6.36 Å². The SMILES string of the molecule is N=CC(=O)c1cccc(OC(F)(F)F)c1. The van der Waals surface area contributed by atoms with Gasteiger partial charge in [0.25, 0.3) is 0 Å². The summed E-state index contributed by atoms with van der Waals surface area (Å²) in [5.74, 6) is -1.15. The molecule has 1 aromatic rings. The first kappa shape index (κ1) is 11.2.